The highest BCUT2D eigenvalue weighted by Crippen LogP contribution is 2.32. The highest BCUT2D eigenvalue weighted by Gasteiger charge is 2.38. The SMILES string of the molecule is CC1CCCCC1(CN)NC(=O)Cc1ccccn1. The molecule has 1 aromatic heterocycles. The molecule has 0 bridgehead atoms. The fourth-order valence-corrected chi connectivity index (χ4v) is 2.94. The van der Waals surface area contributed by atoms with Crippen LogP contribution in [-0.2, 0) is 11.2 Å². The standard InChI is InChI=1S/C15H23N3O/c1-12-6-2-4-8-15(12,11-16)18-14(19)10-13-7-3-5-9-17-13/h3,5,7,9,12H,2,4,6,8,10-11,16H2,1H3,(H,18,19). The predicted octanol–water partition coefficient (Wildman–Crippen LogP) is 1.65. The van der Waals surface area contributed by atoms with Gasteiger partial charge in [0.1, 0.15) is 0 Å². The van der Waals surface area contributed by atoms with Crippen LogP contribution in [0.25, 0.3) is 0 Å². The van der Waals surface area contributed by atoms with E-state index in [0.717, 1.165) is 25.0 Å². The minimum Gasteiger partial charge on any atom is -0.349 e. The Balaban J connectivity index is 2.00. The van der Waals surface area contributed by atoms with Gasteiger partial charge in [0.25, 0.3) is 0 Å². The molecule has 0 aliphatic heterocycles. The molecular formula is C15H23N3O. The number of nitrogens with zero attached hydrogens (tertiary/aromatic N) is 1. The average Bonchev–Trinajstić information content (AvgIpc) is 2.42. The van der Waals surface area contributed by atoms with Crippen molar-refractivity contribution in [3.8, 4) is 0 Å². The lowest BCUT2D eigenvalue weighted by Gasteiger charge is -2.42. The topological polar surface area (TPSA) is 68.0 Å². The summed E-state index contributed by atoms with van der Waals surface area (Å²) in [5.74, 6) is 0.469. The summed E-state index contributed by atoms with van der Waals surface area (Å²) < 4.78 is 0. The fourth-order valence-electron chi connectivity index (χ4n) is 2.94. The first kappa shape index (κ1) is 14.0. The minimum absolute atomic E-state index is 0.0258. The van der Waals surface area contributed by atoms with Crippen molar-refractivity contribution in [3.63, 3.8) is 0 Å². The van der Waals surface area contributed by atoms with Crippen LogP contribution in [0.15, 0.2) is 24.4 Å². The molecule has 1 fully saturated rings. The van der Waals surface area contributed by atoms with Gasteiger partial charge in [-0.1, -0.05) is 25.8 Å². The normalized spacial score (nSPS) is 26.9. The molecular weight excluding hydrogens is 238 g/mol. The van der Waals surface area contributed by atoms with Gasteiger partial charge >= 0.3 is 0 Å². The van der Waals surface area contributed by atoms with Crippen LogP contribution in [0.3, 0.4) is 0 Å². The molecule has 0 aromatic carbocycles. The second kappa shape index (κ2) is 6.15. The molecule has 1 aromatic rings. The molecule has 1 amide bonds. The molecule has 4 nitrogen and oxygen atoms in total. The van der Waals surface area contributed by atoms with Crippen molar-refractivity contribution in [2.24, 2.45) is 11.7 Å². The third kappa shape index (κ3) is 3.32. The quantitative estimate of drug-likeness (QED) is 0.866. The average molecular weight is 261 g/mol. The zero-order valence-corrected chi connectivity index (χ0v) is 11.6. The van der Waals surface area contributed by atoms with Gasteiger partial charge in [-0.3, -0.25) is 9.78 Å². The van der Waals surface area contributed by atoms with Gasteiger partial charge in [0, 0.05) is 18.4 Å². The van der Waals surface area contributed by atoms with E-state index in [2.05, 4.69) is 17.2 Å². The Hall–Kier alpha value is -1.42. The summed E-state index contributed by atoms with van der Waals surface area (Å²) in [5, 5.41) is 3.18. The molecule has 1 saturated carbocycles. The first-order valence-corrected chi connectivity index (χ1v) is 7.07. The number of carbonyl (C=O) groups excluding carboxylic acids is 1. The highest BCUT2D eigenvalue weighted by atomic mass is 16.1. The molecule has 19 heavy (non-hydrogen) atoms. The van der Waals surface area contributed by atoms with Crippen molar-refractivity contribution >= 4 is 5.91 Å². The number of carbonyl (C=O) groups is 1. The van der Waals surface area contributed by atoms with Gasteiger partial charge in [-0.05, 0) is 30.9 Å². The molecule has 2 atom stereocenters. The third-order valence-corrected chi connectivity index (χ3v) is 4.27. The number of rotatable bonds is 4. The van der Waals surface area contributed by atoms with Crippen molar-refractivity contribution in [2.75, 3.05) is 6.54 Å². The maximum atomic E-state index is 12.2. The number of hydrogen-bond acceptors (Lipinski definition) is 3. The van der Waals surface area contributed by atoms with E-state index in [0.29, 0.717) is 18.9 Å². The summed E-state index contributed by atoms with van der Waals surface area (Å²) in [7, 11) is 0. The molecule has 0 spiro atoms. The van der Waals surface area contributed by atoms with E-state index in [1.54, 1.807) is 6.20 Å². The first-order chi connectivity index (χ1) is 9.16. The number of nitrogens with two attached hydrogens (primary N) is 1. The van der Waals surface area contributed by atoms with Crippen LogP contribution in [0.4, 0.5) is 0 Å². The smallest absolute Gasteiger partial charge is 0.226 e. The Morgan fingerprint density at radius 2 is 2.37 bits per heavy atom. The van der Waals surface area contributed by atoms with Gasteiger partial charge < -0.3 is 11.1 Å². The van der Waals surface area contributed by atoms with Crippen molar-refractivity contribution in [1.29, 1.82) is 0 Å². The van der Waals surface area contributed by atoms with Crippen LogP contribution in [0.2, 0.25) is 0 Å². The second-order valence-corrected chi connectivity index (χ2v) is 5.55. The van der Waals surface area contributed by atoms with Crippen LogP contribution in [-0.4, -0.2) is 23.0 Å². The monoisotopic (exact) mass is 261 g/mol. The van der Waals surface area contributed by atoms with Gasteiger partial charge in [0.05, 0.1) is 12.0 Å². The lowest BCUT2D eigenvalue weighted by Crippen LogP contribution is -2.59. The summed E-state index contributed by atoms with van der Waals surface area (Å²) in [4.78, 5) is 16.4. The van der Waals surface area contributed by atoms with Gasteiger partial charge in [-0.25, -0.2) is 0 Å². The van der Waals surface area contributed by atoms with Crippen molar-refractivity contribution in [3.05, 3.63) is 30.1 Å². The number of aromatic nitrogens is 1. The number of pyridine rings is 1. The van der Waals surface area contributed by atoms with Gasteiger partial charge in [0.15, 0.2) is 0 Å². The van der Waals surface area contributed by atoms with Gasteiger partial charge in [-0.2, -0.15) is 0 Å². The van der Waals surface area contributed by atoms with E-state index in [1.165, 1.54) is 6.42 Å². The third-order valence-electron chi connectivity index (χ3n) is 4.27. The Kier molecular flexibility index (Phi) is 4.53. The van der Waals surface area contributed by atoms with Crippen molar-refractivity contribution in [2.45, 2.75) is 44.6 Å². The van der Waals surface area contributed by atoms with Crippen LogP contribution in [0.5, 0.6) is 0 Å². The minimum atomic E-state index is -0.218. The van der Waals surface area contributed by atoms with Crippen molar-refractivity contribution < 1.29 is 4.79 Å². The van der Waals surface area contributed by atoms with E-state index < -0.39 is 0 Å². The maximum absolute atomic E-state index is 12.2. The lowest BCUT2D eigenvalue weighted by molar-refractivity contribution is -0.123. The molecule has 2 rings (SSSR count). The molecule has 1 aliphatic rings. The lowest BCUT2D eigenvalue weighted by atomic mass is 9.73. The highest BCUT2D eigenvalue weighted by molar-refractivity contribution is 5.79. The number of amides is 1. The summed E-state index contributed by atoms with van der Waals surface area (Å²) in [5.41, 5.74) is 6.52. The van der Waals surface area contributed by atoms with Crippen LogP contribution in [0, 0.1) is 5.92 Å². The second-order valence-electron chi connectivity index (χ2n) is 5.55. The van der Waals surface area contributed by atoms with Gasteiger partial charge in [0.2, 0.25) is 5.91 Å². The molecule has 0 saturated heterocycles. The zero-order chi connectivity index (χ0) is 13.7. The van der Waals surface area contributed by atoms with Gasteiger partial charge in [-0.15, -0.1) is 0 Å². The Bertz CT molecular complexity index is 421. The molecule has 1 aliphatic carbocycles. The Morgan fingerprint density at radius 1 is 1.53 bits per heavy atom. The van der Waals surface area contributed by atoms with Crippen molar-refractivity contribution in [1.82, 2.24) is 10.3 Å². The Morgan fingerprint density at radius 3 is 3.00 bits per heavy atom. The molecule has 3 N–H and O–H groups in total. The largest absolute Gasteiger partial charge is 0.349 e. The maximum Gasteiger partial charge on any atom is 0.226 e. The molecule has 0 radical (unpaired) electrons. The summed E-state index contributed by atoms with van der Waals surface area (Å²) in [6.45, 7) is 2.70. The number of hydrogen-bond donors (Lipinski definition) is 2. The molecule has 2 unspecified atom stereocenters. The predicted molar refractivity (Wildman–Crippen MR) is 75.5 cm³/mol. The van der Waals surface area contributed by atoms with E-state index in [4.69, 9.17) is 5.73 Å². The first-order valence-electron chi connectivity index (χ1n) is 7.07. The molecule has 1 heterocycles. The van der Waals surface area contributed by atoms with E-state index >= 15 is 0 Å². The van der Waals surface area contributed by atoms with Crippen LogP contribution < -0.4 is 11.1 Å². The Labute approximate surface area is 114 Å². The van der Waals surface area contributed by atoms with E-state index in [1.807, 2.05) is 18.2 Å². The van der Waals surface area contributed by atoms with E-state index in [-0.39, 0.29) is 11.4 Å². The summed E-state index contributed by atoms with van der Waals surface area (Å²) in [6.07, 6.45) is 6.55. The zero-order valence-electron chi connectivity index (χ0n) is 11.6. The molecule has 4 heteroatoms. The van der Waals surface area contributed by atoms with Crippen LogP contribution >= 0.6 is 0 Å². The van der Waals surface area contributed by atoms with E-state index in [9.17, 15) is 4.79 Å². The molecule has 104 valence electrons. The number of nitrogens with one attached hydrogen (secondary N) is 1. The summed E-state index contributed by atoms with van der Waals surface area (Å²) in [6, 6.07) is 5.63. The van der Waals surface area contributed by atoms with Crippen LogP contribution in [0.1, 0.15) is 38.3 Å². The fraction of sp³-hybridized carbons (Fsp3) is 0.600. The summed E-state index contributed by atoms with van der Waals surface area (Å²) >= 11 is 0.